The third-order valence-corrected chi connectivity index (χ3v) is 3.89. The van der Waals surface area contributed by atoms with Crippen LogP contribution in [0.3, 0.4) is 0 Å². The summed E-state index contributed by atoms with van der Waals surface area (Å²) in [6.07, 6.45) is -1.32. The van der Waals surface area contributed by atoms with Gasteiger partial charge in [0, 0.05) is 26.6 Å². The van der Waals surface area contributed by atoms with Gasteiger partial charge in [0.25, 0.3) is 0 Å². The molecule has 0 radical (unpaired) electrons. The van der Waals surface area contributed by atoms with Crippen molar-refractivity contribution in [2.75, 3.05) is 47.1 Å². The van der Waals surface area contributed by atoms with Crippen molar-refractivity contribution < 1.29 is 47.7 Å². The number of alkyl carbamates (subject to hydrolysis) is 1. The van der Waals surface area contributed by atoms with Gasteiger partial charge in [0.05, 0.1) is 33.1 Å². The van der Waals surface area contributed by atoms with E-state index in [4.69, 9.17) is 14.2 Å². The van der Waals surface area contributed by atoms with Crippen LogP contribution in [0.2, 0.25) is 0 Å². The van der Waals surface area contributed by atoms with Crippen molar-refractivity contribution in [3.05, 3.63) is 0 Å². The second-order valence-corrected chi connectivity index (χ2v) is 8.12. The molecule has 0 saturated heterocycles. The van der Waals surface area contributed by atoms with Crippen LogP contribution in [0.25, 0.3) is 0 Å². The van der Waals surface area contributed by atoms with Gasteiger partial charge in [-0.2, -0.15) is 0 Å². The van der Waals surface area contributed by atoms with Crippen molar-refractivity contribution in [2.24, 2.45) is 0 Å². The minimum absolute atomic E-state index is 0.0438. The van der Waals surface area contributed by atoms with Crippen LogP contribution in [0, 0.1) is 0 Å². The lowest BCUT2D eigenvalue weighted by Crippen LogP contribution is -2.52. The number of esters is 2. The lowest BCUT2D eigenvalue weighted by Gasteiger charge is -2.19. The number of nitrogens with one attached hydrogen (secondary N) is 4. The average Bonchev–Trinajstić information content (AvgIpc) is 2.77. The highest BCUT2D eigenvalue weighted by atomic mass is 16.6. The zero-order valence-electron chi connectivity index (χ0n) is 20.8. The standard InChI is InChI=1S/C21H36N4O10/c1-21(2,3)35-18(29)7-6-15(26)24-12-16(27)25-14(19(30)22-10-11-32-4)13-34-20(31)23-9-8-17(28)33-5/h14H,6-13H2,1-5H3,(H,22,30)(H,23,31)(H,24,26)(H,25,27). The van der Waals surface area contributed by atoms with Crippen LogP contribution in [0.1, 0.15) is 40.0 Å². The third-order valence-electron chi connectivity index (χ3n) is 3.89. The largest absolute Gasteiger partial charge is 0.469 e. The summed E-state index contributed by atoms with van der Waals surface area (Å²) in [4.78, 5) is 70.9. The van der Waals surface area contributed by atoms with E-state index in [1.165, 1.54) is 14.2 Å². The van der Waals surface area contributed by atoms with E-state index >= 15 is 0 Å². The van der Waals surface area contributed by atoms with Crippen LogP contribution in [-0.2, 0) is 42.9 Å². The normalized spacial score (nSPS) is 11.5. The molecule has 0 aliphatic heterocycles. The van der Waals surface area contributed by atoms with Gasteiger partial charge in [-0.15, -0.1) is 0 Å². The average molecular weight is 505 g/mol. The molecule has 35 heavy (non-hydrogen) atoms. The Morgan fingerprint density at radius 2 is 1.49 bits per heavy atom. The maximum absolute atomic E-state index is 12.3. The van der Waals surface area contributed by atoms with E-state index in [1.807, 2.05) is 0 Å². The van der Waals surface area contributed by atoms with Crippen molar-refractivity contribution in [3.8, 4) is 0 Å². The molecule has 0 saturated carbocycles. The molecule has 0 aromatic carbocycles. The van der Waals surface area contributed by atoms with E-state index in [0.29, 0.717) is 0 Å². The number of hydrogen-bond donors (Lipinski definition) is 4. The Morgan fingerprint density at radius 1 is 0.800 bits per heavy atom. The topological polar surface area (TPSA) is 187 Å². The smallest absolute Gasteiger partial charge is 0.407 e. The summed E-state index contributed by atoms with van der Waals surface area (Å²) >= 11 is 0. The SMILES string of the molecule is COCCNC(=O)C(COC(=O)NCCC(=O)OC)NC(=O)CNC(=O)CCC(=O)OC(C)(C)C. The van der Waals surface area contributed by atoms with Gasteiger partial charge in [-0.1, -0.05) is 0 Å². The van der Waals surface area contributed by atoms with E-state index in [-0.39, 0.29) is 39.0 Å². The number of hydrogen-bond acceptors (Lipinski definition) is 10. The zero-order valence-corrected chi connectivity index (χ0v) is 20.8. The molecule has 4 N–H and O–H groups in total. The van der Waals surface area contributed by atoms with Gasteiger partial charge in [-0.25, -0.2) is 4.79 Å². The van der Waals surface area contributed by atoms with Gasteiger partial charge >= 0.3 is 18.0 Å². The van der Waals surface area contributed by atoms with Gasteiger partial charge in [-0.05, 0) is 20.8 Å². The van der Waals surface area contributed by atoms with Gasteiger partial charge in [0.2, 0.25) is 17.7 Å². The molecule has 1 unspecified atom stereocenters. The number of rotatable bonds is 15. The highest BCUT2D eigenvalue weighted by Crippen LogP contribution is 2.08. The first-order chi connectivity index (χ1) is 16.4. The highest BCUT2D eigenvalue weighted by Gasteiger charge is 2.23. The molecule has 14 heteroatoms. The van der Waals surface area contributed by atoms with Crippen LogP contribution in [-0.4, -0.2) is 94.5 Å². The highest BCUT2D eigenvalue weighted by molar-refractivity contribution is 5.90. The van der Waals surface area contributed by atoms with E-state index in [2.05, 4.69) is 26.0 Å². The number of carbonyl (C=O) groups is 6. The van der Waals surface area contributed by atoms with E-state index in [1.54, 1.807) is 20.8 Å². The fourth-order valence-electron chi connectivity index (χ4n) is 2.28. The quantitative estimate of drug-likeness (QED) is 0.119. The Kier molecular flexibility index (Phi) is 15.4. The second-order valence-electron chi connectivity index (χ2n) is 8.12. The van der Waals surface area contributed by atoms with Crippen LogP contribution >= 0.6 is 0 Å². The molecular weight excluding hydrogens is 468 g/mol. The van der Waals surface area contributed by atoms with Gasteiger partial charge in [-0.3, -0.25) is 24.0 Å². The first kappa shape index (κ1) is 31.6. The van der Waals surface area contributed by atoms with E-state index in [0.717, 1.165) is 0 Å². The van der Waals surface area contributed by atoms with Crippen molar-refractivity contribution in [1.82, 2.24) is 21.3 Å². The molecule has 0 spiro atoms. The molecule has 0 bridgehead atoms. The summed E-state index contributed by atoms with van der Waals surface area (Å²) < 4.78 is 19.3. The molecule has 0 rings (SSSR count). The maximum Gasteiger partial charge on any atom is 0.407 e. The molecule has 0 heterocycles. The predicted octanol–water partition coefficient (Wildman–Crippen LogP) is -1.24. The van der Waals surface area contributed by atoms with Crippen LogP contribution in [0.15, 0.2) is 0 Å². The van der Waals surface area contributed by atoms with Gasteiger partial charge in [0.1, 0.15) is 18.2 Å². The Labute approximate surface area is 204 Å². The molecule has 0 aliphatic carbocycles. The Morgan fingerprint density at radius 3 is 2.09 bits per heavy atom. The Bertz CT molecular complexity index is 736. The molecule has 4 amide bonds. The Hall–Kier alpha value is -3.42. The van der Waals surface area contributed by atoms with E-state index in [9.17, 15) is 28.8 Å². The molecule has 1 atom stereocenters. The lowest BCUT2D eigenvalue weighted by molar-refractivity contribution is -0.155. The minimum atomic E-state index is -1.26. The molecular formula is C21H36N4O10. The van der Waals surface area contributed by atoms with E-state index < -0.39 is 60.5 Å². The maximum atomic E-state index is 12.3. The van der Waals surface area contributed by atoms with Crippen LogP contribution in [0.5, 0.6) is 0 Å². The monoisotopic (exact) mass is 504 g/mol. The van der Waals surface area contributed by atoms with Crippen LogP contribution < -0.4 is 21.3 Å². The first-order valence-electron chi connectivity index (χ1n) is 10.9. The fourth-order valence-corrected chi connectivity index (χ4v) is 2.28. The van der Waals surface area contributed by atoms with Crippen molar-refractivity contribution in [3.63, 3.8) is 0 Å². The summed E-state index contributed by atoms with van der Waals surface area (Å²) in [5.74, 6) is -3.01. The van der Waals surface area contributed by atoms with Crippen molar-refractivity contribution in [2.45, 2.75) is 51.7 Å². The van der Waals surface area contributed by atoms with Crippen LogP contribution in [0.4, 0.5) is 4.79 Å². The Balaban J connectivity index is 4.64. The summed E-state index contributed by atoms with van der Waals surface area (Å²) in [5, 5.41) is 9.50. The lowest BCUT2D eigenvalue weighted by atomic mass is 10.2. The number of methoxy groups -OCH3 is 2. The summed E-state index contributed by atoms with van der Waals surface area (Å²) in [7, 11) is 2.65. The summed E-state index contributed by atoms with van der Waals surface area (Å²) in [6.45, 7) is 4.44. The molecule has 0 aromatic rings. The second kappa shape index (κ2) is 17.1. The van der Waals surface area contributed by atoms with Gasteiger partial charge in [0.15, 0.2) is 0 Å². The number of ether oxygens (including phenoxy) is 4. The molecule has 14 nitrogen and oxygen atoms in total. The minimum Gasteiger partial charge on any atom is -0.469 e. The summed E-state index contributed by atoms with van der Waals surface area (Å²) in [6, 6.07) is -1.26. The predicted molar refractivity (Wildman–Crippen MR) is 121 cm³/mol. The molecule has 200 valence electrons. The molecule has 0 aliphatic rings. The van der Waals surface area contributed by atoms with Crippen molar-refractivity contribution >= 4 is 35.8 Å². The van der Waals surface area contributed by atoms with Crippen molar-refractivity contribution in [1.29, 1.82) is 0 Å². The first-order valence-corrected chi connectivity index (χ1v) is 10.9. The molecule has 0 aromatic heterocycles. The molecule has 0 fully saturated rings. The van der Waals surface area contributed by atoms with Gasteiger partial charge < -0.3 is 40.2 Å². The zero-order chi connectivity index (χ0) is 26.9. The number of carbonyl (C=O) groups excluding carboxylic acids is 6. The fraction of sp³-hybridized carbons (Fsp3) is 0.714. The number of amides is 4. The summed E-state index contributed by atoms with van der Waals surface area (Å²) in [5.41, 5.74) is -0.674. The third kappa shape index (κ3) is 17.7.